The number of nitriles is 1. The molecule has 0 saturated heterocycles. The second kappa shape index (κ2) is 5.63. The van der Waals surface area contributed by atoms with E-state index in [-0.39, 0.29) is 0 Å². The van der Waals surface area contributed by atoms with Crippen LogP contribution in [0.5, 0.6) is 0 Å². The van der Waals surface area contributed by atoms with E-state index in [1.807, 2.05) is 12.1 Å². The normalized spacial score (nSPS) is 27.6. The number of hydrogen-bond acceptors (Lipinski definition) is 2. The highest BCUT2D eigenvalue weighted by Gasteiger charge is 2.25. The van der Waals surface area contributed by atoms with Gasteiger partial charge in [0.05, 0.1) is 11.3 Å². The van der Waals surface area contributed by atoms with Crippen molar-refractivity contribution in [1.29, 1.82) is 5.26 Å². The summed E-state index contributed by atoms with van der Waals surface area (Å²) in [7, 11) is 0. The predicted molar refractivity (Wildman–Crippen MR) is 75.8 cm³/mol. The van der Waals surface area contributed by atoms with Gasteiger partial charge in [-0.05, 0) is 49.3 Å². The topological polar surface area (TPSA) is 35.8 Å². The third kappa shape index (κ3) is 2.97. The molecule has 0 heterocycles. The van der Waals surface area contributed by atoms with Crippen LogP contribution in [0.15, 0.2) is 18.2 Å². The quantitative estimate of drug-likeness (QED) is 0.855. The number of nitrogens with one attached hydrogen (secondary N) is 1. The molecular formula is C15H19ClN2. The third-order valence-corrected chi connectivity index (χ3v) is 4.11. The zero-order valence-corrected chi connectivity index (χ0v) is 11.7. The zero-order chi connectivity index (χ0) is 13.1. The molecule has 1 aromatic rings. The summed E-state index contributed by atoms with van der Waals surface area (Å²) in [5, 5.41) is 13.3. The van der Waals surface area contributed by atoms with Crippen LogP contribution < -0.4 is 5.32 Å². The van der Waals surface area contributed by atoms with Crippen molar-refractivity contribution < 1.29 is 0 Å². The third-order valence-electron chi connectivity index (χ3n) is 3.87. The minimum Gasteiger partial charge on any atom is -0.381 e. The molecule has 96 valence electrons. The number of nitrogens with zero attached hydrogens (tertiary/aromatic N) is 1. The van der Waals surface area contributed by atoms with Crippen LogP contribution in [0, 0.1) is 23.2 Å². The lowest BCUT2D eigenvalue weighted by Crippen LogP contribution is -2.33. The molecule has 0 aliphatic heterocycles. The van der Waals surface area contributed by atoms with Gasteiger partial charge in [-0.3, -0.25) is 0 Å². The summed E-state index contributed by atoms with van der Waals surface area (Å²) >= 11 is 5.91. The molecule has 0 amide bonds. The Labute approximate surface area is 114 Å². The second-order valence-corrected chi connectivity index (χ2v) is 5.88. The Bertz CT molecular complexity index is 464. The van der Waals surface area contributed by atoms with E-state index < -0.39 is 0 Å². The maximum atomic E-state index is 9.13. The van der Waals surface area contributed by atoms with Crippen LogP contribution >= 0.6 is 11.6 Å². The van der Waals surface area contributed by atoms with Gasteiger partial charge in [0, 0.05) is 11.1 Å². The summed E-state index contributed by atoms with van der Waals surface area (Å²) in [6.45, 7) is 4.60. The number of hydrogen-bond donors (Lipinski definition) is 1. The highest BCUT2D eigenvalue weighted by atomic mass is 35.5. The van der Waals surface area contributed by atoms with E-state index in [1.54, 1.807) is 6.07 Å². The highest BCUT2D eigenvalue weighted by Crippen LogP contribution is 2.31. The van der Waals surface area contributed by atoms with Gasteiger partial charge < -0.3 is 5.32 Å². The molecular weight excluding hydrogens is 244 g/mol. The molecule has 2 nitrogen and oxygen atoms in total. The van der Waals surface area contributed by atoms with Crippen LogP contribution in [0.4, 0.5) is 5.69 Å². The lowest BCUT2D eigenvalue weighted by Gasteiger charge is -2.34. The van der Waals surface area contributed by atoms with E-state index in [1.165, 1.54) is 19.3 Å². The standard InChI is InChI=1S/C15H19ClN2/c1-10-3-5-14(11(2)7-10)18-15-6-4-13(16)8-12(15)9-17/h4,6,8,10-11,14,18H,3,5,7H2,1-2H3. The van der Waals surface area contributed by atoms with E-state index in [9.17, 15) is 0 Å². The average Bonchev–Trinajstić information content (AvgIpc) is 2.34. The maximum Gasteiger partial charge on any atom is 0.101 e. The summed E-state index contributed by atoms with van der Waals surface area (Å²) < 4.78 is 0. The number of rotatable bonds is 2. The molecule has 1 aliphatic carbocycles. The van der Waals surface area contributed by atoms with E-state index in [4.69, 9.17) is 16.9 Å². The molecule has 1 N–H and O–H groups in total. The highest BCUT2D eigenvalue weighted by molar-refractivity contribution is 6.30. The van der Waals surface area contributed by atoms with Crippen molar-refractivity contribution in [2.45, 2.75) is 39.2 Å². The minimum absolute atomic E-state index is 0.467. The average molecular weight is 263 g/mol. The van der Waals surface area contributed by atoms with E-state index in [0.29, 0.717) is 22.5 Å². The summed E-state index contributed by atoms with van der Waals surface area (Å²) in [5.41, 5.74) is 1.54. The lowest BCUT2D eigenvalue weighted by atomic mass is 9.80. The lowest BCUT2D eigenvalue weighted by molar-refractivity contribution is 0.276. The SMILES string of the molecule is CC1CCC(Nc2ccc(Cl)cc2C#N)C(C)C1. The first-order chi connectivity index (χ1) is 8.60. The van der Waals surface area contributed by atoms with Crippen molar-refractivity contribution in [3.63, 3.8) is 0 Å². The first-order valence-corrected chi connectivity index (χ1v) is 6.94. The van der Waals surface area contributed by atoms with Crippen molar-refractivity contribution in [3.05, 3.63) is 28.8 Å². The maximum absolute atomic E-state index is 9.13. The Morgan fingerprint density at radius 3 is 2.78 bits per heavy atom. The van der Waals surface area contributed by atoms with Gasteiger partial charge in [0.25, 0.3) is 0 Å². The number of benzene rings is 1. The monoisotopic (exact) mass is 262 g/mol. The Hall–Kier alpha value is -1.20. The van der Waals surface area contributed by atoms with Crippen LogP contribution in [-0.2, 0) is 0 Å². The molecule has 0 spiro atoms. The van der Waals surface area contributed by atoms with Gasteiger partial charge in [0.2, 0.25) is 0 Å². The predicted octanol–water partition coefficient (Wildman–Crippen LogP) is 4.45. The minimum atomic E-state index is 0.467. The molecule has 3 unspecified atom stereocenters. The van der Waals surface area contributed by atoms with Crippen LogP contribution in [0.25, 0.3) is 0 Å². The Kier molecular flexibility index (Phi) is 4.14. The Balaban J connectivity index is 2.12. The molecule has 0 radical (unpaired) electrons. The summed E-state index contributed by atoms with van der Waals surface area (Å²) in [6.07, 6.45) is 3.69. The van der Waals surface area contributed by atoms with E-state index >= 15 is 0 Å². The second-order valence-electron chi connectivity index (χ2n) is 5.45. The van der Waals surface area contributed by atoms with Crippen LogP contribution in [0.1, 0.15) is 38.7 Å². The van der Waals surface area contributed by atoms with Crippen molar-refractivity contribution in [2.24, 2.45) is 11.8 Å². The Morgan fingerprint density at radius 1 is 1.33 bits per heavy atom. The smallest absolute Gasteiger partial charge is 0.101 e. The number of anilines is 1. The summed E-state index contributed by atoms with van der Waals surface area (Å²) in [5.74, 6) is 1.47. The molecule has 1 aromatic carbocycles. The van der Waals surface area contributed by atoms with Crippen molar-refractivity contribution in [3.8, 4) is 6.07 Å². The fraction of sp³-hybridized carbons (Fsp3) is 0.533. The van der Waals surface area contributed by atoms with Crippen molar-refractivity contribution in [1.82, 2.24) is 0 Å². The van der Waals surface area contributed by atoms with Crippen molar-refractivity contribution >= 4 is 17.3 Å². The summed E-state index contributed by atoms with van der Waals surface area (Å²) in [4.78, 5) is 0. The largest absolute Gasteiger partial charge is 0.381 e. The van der Waals surface area contributed by atoms with Crippen LogP contribution in [0.2, 0.25) is 5.02 Å². The van der Waals surface area contributed by atoms with Gasteiger partial charge in [0.1, 0.15) is 6.07 Å². The fourth-order valence-corrected chi connectivity index (χ4v) is 2.99. The van der Waals surface area contributed by atoms with Crippen molar-refractivity contribution in [2.75, 3.05) is 5.32 Å². The first-order valence-electron chi connectivity index (χ1n) is 6.56. The molecule has 2 rings (SSSR count). The van der Waals surface area contributed by atoms with Crippen LogP contribution in [0.3, 0.4) is 0 Å². The van der Waals surface area contributed by atoms with Crippen LogP contribution in [-0.4, -0.2) is 6.04 Å². The molecule has 0 bridgehead atoms. The molecule has 0 aromatic heterocycles. The first kappa shape index (κ1) is 13.2. The Morgan fingerprint density at radius 2 is 2.11 bits per heavy atom. The van der Waals surface area contributed by atoms with E-state index in [0.717, 1.165) is 11.6 Å². The van der Waals surface area contributed by atoms with Gasteiger partial charge in [-0.1, -0.05) is 25.4 Å². The zero-order valence-electron chi connectivity index (χ0n) is 10.9. The summed E-state index contributed by atoms with van der Waals surface area (Å²) in [6, 6.07) is 8.13. The number of halogens is 1. The van der Waals surface area contributed by atoms with Gasteiger partial charge >= 0.3 is 0 Å². The molecule has 1 saturated carbocycles. The van der Waals surface area contributed by atoms with Gasteiger partial charge in [-0.2, -0.15) is 5.26 Å². The van der Waals surface area contributed by atoms with E-state index in [2.05, 4.69) is 25.2 Å². The molecule has 1 aliphatic rings. The molecule has 1 fully saturated rings. The van der Waals surface area contributed by atoms with Gasteiger partial charge in [-0.15, -0.1) is 0 Å². The molecule has 3 atom stereocenters. The molecule has 18 heavy (non-hydrogen) atoms. The van der Waals surface area contributed by atoms with Gasteiger partial charge in [0.15, 0.2) is 0 Å². The fourth-order valence-electron chi connectivity index (χ4n) is 2.81. The van der Waals surface area contributed by atoms with Gasteiger partial charge in [-0.25, -0.2) is 0 Å². The molecule has 3 heteroatoms.